The van der Waals surface area contributed by atoms with Gasteiger partial charge in [0.15, 0.2) is 0 Å². The smallest absolute Gasteiger partial charge is 0.214 e. The van der Waals surface area contributed by atoms with Crippen LogP contribution in [-0.4, -0.2) is 48.6 Å². The predicted octanol–water partition coefficient (Wildman–Crippen LogP) is 1.90. The van der Waals surface area contributed by atoms with E-state index in [2.05, 4.69) is 15.3 Å². The zero-order valence-corrected chi connectivity index (χ0v) is 14.3. The molecule has 1 aromatic heterocycles. The highest BCUT2D eigenvalue weighted by Gasteiger charge is 2.25. The molecule has 2 heterocycles. The molecule has 1 aliphatic rings. The van der Waals surface area contributed by atoms with Crippen LogP contribution in [-0.2, 0) is 16.4 Å². The van der Waals surface area contributed by atoms with Gasteiger partial charge in [0, 0.05) is 20.1 Å². The molecule has 0 spiro atoms. The molecule has 124 valence electrons. The number of hydrogen-bond acceptors (Lipinski definition) is 5. The van der Waals surface area contributed by atoms with E-state index >= 15 is 0 Å². The summed E-state index contributed by atoms with van der Waals surface area (Å²) in [5.74, 6) is 1.51. The molecule has 1 unspecified atom stereocenters. The predicted molar refractivity (Wildman–Crippen MR) is 88.3 cm³/mol. The van der Waals surface area contributed by atoms with E-state index in [4.69, 9.17) is 0 Å². The molecule has 22 heavy (non-hydrogen) atoms. The Labute approximate surface area is 133 Å². The molecule has 1 N–H and O–H groups in total. The molecule has 1 fully saturated rings. The molecule has 0 radical (unpaired) electrons. The van der Waals surface area contributed by atoms with Gasteiger partial charge in [-0.2, -0.15) is 0 Å². The molecule has 2 rings (SSSR count). The van der Waals surface area contributed by atoms with Crippen molar-refractivity contribution in [2.24, 2.45) is 5.92 Å². The minimum atomic E-state index is -3.06. The standard InChI is InChI=1S/C15H26N4O2S/c1-3-9-22(20,21)19-7-4-5-13(6-8-19)10-14-11-18-15(16-2)12-17-14/h11-13H,3-10H2,1-2H3,(H,16,18). The highest BCUT2D eigenvalue weighted by atomic mass is 32.2. The second-order valence-corrected chi connectivity index (χ2v) is 7.95. The highest BCUT2D eigenvalue weighted by Crippen LogP contribution is 2.23. The van der Waals surface area contributed by atoms with Crippen molar-refractivity contribution in [3.63, 3.8) is 0 Å². The van der Waals surface area contributed by atoms with Gasteiger partial charge < -0.3 is 5.32 Å². The van der Waals surface area contributed by atoms with Crippen LogP contribution in [0.4, 0.5) is 5.82 Å². The van der Waals surface area contributed by atoms with Crippen LogP contribution in [0.5, 0.6) is 0 Å². The maximum atomic E-state index is 12.2. The average Bonchev–Trinajstić information content (AvgIpc) is 2.74. The van der Waals surface area contributed by atoms with Crippen molar-refractivity contribution in [3.8, 4) is 0 Å². The maximum Gasteiger partial charge on any atom is 0.214 e. The maximum absolute atomic E-state index is 12.2. The highest BCUT2D eigenvalue weighted by molar-refractivity contribution is 7.89. The molecule has 1 aliphatic heterocycles. The van der Waals surface area contributed by atoms with Crippen LogP contribution in [0.15, 0.2) is 12.4 Å². The lowest BCUT2D eigenvalue weighted by Gasteiger charge is -2.19. The molecule has 6 nitrogen and oxygen atoms in total. The Morgan fingerprint density at radius 2 is 2.09 bits per heavy atom. The van der Waals surface area contributed by atoms with Crippen LogP contribution in [0.3, 0.4) is 0 Å². The van der Waals surface area contributed by atoms with E-state index in [0.717, 1.165) is 37.2 Å². The van der Waals surface area contributed by atoms with Crippen molar-refractivity contribution in [1.82, 2.24) is 14.3 Å². The summed E-state index contributed by atoms with van der Waals surface area (Å²) in [7, 11) is -1.25. The molecule has 1 saturated heterocycles. The molecular weight excluding hydrogens is 300 g/mol. The van der Waals surface area contributed by atoms with Gasteiger partial charge in [0.2, 0.25) is 10.0 Å². The Balaban J connectivity index is 1.92. The number of rotatable bonds is 6. The van der Waals surface area contributed by atoms with Crippen molar-refractivity contribution in [3.05, 3.63) is 18.1 Å². The van der Waals surface area contributed by atoms with Crippen molar-refractivity contribution < 1.29 is 8.42 Å². The third-order valence-electron chi connectivity index (χ3n) is 4.12. The van der Waals surface area contributed by atoms with Crippen LogP contribution < -0.4 is 5.32 Å². The van der Waals surface area contributed by atoms with E-state index in [1.54, 1.807) is 10.5 Å². The normalized spacial score (nSPS) is 20.5. The first-order valence-corrected chi connectivity index (χ1v) is 9.62. The minimum absolute atomic E-state index is 0.259. The van der Waals surface area contributed by atoms with E-state index in [1.807, 2.05) is 20.2 Å². The molecular formula is C15H26N4O2S. The van der Waals surface area contributed by atoms with Gasteiger partial charge in [-0.3, -0.25) is 4.98 Å². The van der Waals surface area contributed by atoms with Gasteiger partial charge >= 0.3 is 0 Å². The minimum Gasteiger partial charge on any atom is -0.372 e. The lowest BCUT2D eigenvalue weighted by Crippen LogP contribution is -2.33. The molecule has 1 aromatic rings. The monoisotopic (exact) mass is 326 g/mol. The van der Waals surface area contributed by atoms with Gasteiger partial charge in [-0.25, -0.2) is 17.7 Å². The number of aromatic nitrogens is 2. The summed E-state index contributed by atoms with van der Waals surface area (Å²) in [6.45, 7) is 3.20. The fraction of sp³-hybridized carbons (Fsp3) is 0.733. The lowest BCUT2D eigenvalue weighted by atomic mass is 9.95. The zero-order chi connectivity index (χ0) is 16.0. The van der Waals surface area contributed by atoms with Crippen molar-refractivity contribution in [2.75, 3.05) is 31.2 Å². The van der Waals surface area contributed by atoms with Crippen LogP contribution in [0.1, 0.15) is 38.3 Å². The largest absolute Gasteiger partial charge is 0.372 e. The number of nitrogens with one attached hydrogen (secondary N) is 1. The van der Waals surface area contributed by atoms with Gasteiger partial charge in [-0.05, 0) is 38.0 Å². The number of hydrogen-bond donors (Lipinski definition) is 1. The summed E-state index contributed by atoms with van der Waals surface area (Å²) in [4.78, 5) is 8.70. The number of anilines is 1. The molecule has 0 bridgehead atoms. The summed E-state index contributed by atoms with van der Waals surface area (Å²) in [6, 6.07) is 0. The fourth-order valence-corrected chi connectivity index (χ4v) is 4.46. The molecule has 0 aliphatic carbocycles. The summed E-state index contributed by atoms with van der Waals surface area (Å²) in [6.07, 6.45) is 7.97. The van der Waals surface area contributed by atoms with E-state index < -0.39 is 10.0 Å². The first kappa shape index (κ1) is 17.1. The SMILES string of the molecule is CCCS(=O)(=O)N1CCCC(Cc2cnc(NC)cn2)CC1. The van der Waals surface area contributed by atoms with E-state index in [0.29, 0.717) is 25.4 Å². The van der Waals surface area contributed by atoms with Crippen LogP contribution >= 0.6 is 0 Å². The topological polar surface area (TPSA) is 75.2 Å². The second kappa shape index (κ2) is 7.87. The molecule has 1 atom stereocenters. The van der Waals surface area contributed by atoms with E-state index in [9.17, 15) is 8.42 Å². The van der Waals surface area contributed by atoms with Crippen LogP contribution in [0, 0.1) is 5.92 Å². The van der Waals surface area contributed by atoms with E-state index in [-0.39, 0.29) is 5.75 Å². The van der Waals surface area contributed by atoms with Crippen LogP contribution in [0.25, 0.3) is 0 Å². The summed E-state index contributed by atoms with van der Waals surface area (Å²) >= 11 is 0. The van der Waals surface area contributed by atoms with Gasteiger partial charge in [-0.15, -0.1) is 0 Å². The first-order valence-electron chi connectivity index (χ1n) is 8.01. The molecule has 0 amide bonds. The van der Waals surface area contributed by atoms with Crippen molar-refractivity contribution >= 4 is 15.8 Å². The Bertz CT molecular complexity index is 559. The van der Waals surface area contributed by atoms with Gasteiger partial charge in [0.25, 0.3) is 0 Å². The third-order valence-corrected chi connectivity index (χ3v) is 6.20. The fourth-order valence-electron chi connectivity index (χ4n) is 2.89. The Kier molecular flexibility index (Phi) is 6.14. The third kappa shape index (κ3) is 4.64. The van der Waals surface area contributed by atoms with E-state index in [1.165, 1.54) is 0 Å². The van der Waals surface area contributed by atoms with Crippen molar-refractivity contribution in [1.29, 1.82) is 0 Å². The Hall–Kier alpha value is -1.21. The average molecular weight is 326 g/mol. The summed E-state index contributed by atoms with van der Waals surface area (Å²) in [5.41, 5.74) is 0.980. The van der Waals surface area contributed by atoms with Crippen molar-refractivity contribution in [2.45, 2.75) is 39.0 Å². The van der Waals surface area contributed by atoms with Gasteiger partial charge in [0.05, 0.1) is 23.8 Å². The lowest BCUT2D eigenvalue weighted by molar-refractivity contribution is 0.409. The molecule has 0 aromatic carbocycles. The first-order chi connectivity index (χ1) is 10.5. The van der Waals surface area contributed by atoms with Gasteiger partial charge in [-0.1, -0.05) is 6.92 Å². The number of nitrogens with zero attached hydrogens (tertiary/aromatic N) is 3. The summed E-state index contributed by atoms with van der Waals surface area (Å²) in [5, 5.41) is 2.96. The molecule has 7 heteroatoms. The molecule has 0 saturated carbocycles. The number of sulfonamides is 1. The quantitative estimate of drug-likeness (QED) is 0.864. The Morgan fingerprint density at radius 3 is 2.73 bits per heavy atom. The Morgan fingerprint density at radius 1 is 1.27 bits per heavy atom. The van der Waals surface area contributed by atoms with Crippen LogP contribution in [0.2, 0.25) is 0 Å². The van der Waals surface area contributed by atoms with Gasteiger partial charge in [0.1, 0.15) is 5.82 Å². The second-order valence-electron chi connectivity index (χ2n) is 5.86. The summed E-state index contributed by atoms with van der Waals surface area (Å²) < 4.78 is 26.0. The zero-order valence-electron chi connectivity index (χ0n) is 13.5.